The minimum Gasteiger partial charge on any atom is -0.347 e. The number of carbonyl (C=O) groups is 1. The molecule has 2 saturated heterocycles. The summed E-state index contributed by atoms with van der Waals surface area (Å²) in [6.07, 6.45) is 1.44. The van der Waals surface area contributed by atoms with Crippen molar-refractivity contribution in [3.63, 3.8) is 0 Å². The zero-order valence-corrected chi connectivity index (χ0v) is 12.5. The molecule has 1 aromatic rings. The van der Waals surface area contributed by atoms with Gasteiger partial charge in [-0.15, -0.1) is 5.10 Å². The summed E-state index contributed by atoms with van der Waals surface area (Å²) in [6, 6.07) is 3.64. The van der Waals surface area contributed by atoms with Gasteiger partial charge in [-0.3, -0.25) is 4.79 Å². The highest BCUT2D eigenvalue weighted by Gasteiger charge is 2.41. The first-order valence-electron chi connectivity index (χ1n) is 7.50. The minimum atomic E-state index is -0.454. The molecular weight excluding hydrogens is 270 g/mol. The third-order valence-electron chi connectivity index (χ3n) is 4.12. The molecule has 3 heterocycles. The molecule has 0 atom stereocenters. The normalized spacial score (nSPS) is 21.2. The fourth-order valence-electron chi connectivity index (χ4n) is 2.76. The molecule has 0 unspecified atom stereocenters. The second-order valence-electron chi connectivity index (χ2n) is 5.90. The summed E-state index contributed by atoms with van der Waals surface area (Å²) >= 11 is 0. The van der Waals surface area contributed by atoms with Crippen LogP contribution in [0.5, 0.6) is 0 Å². The number of ether oxygens (including phenoxy) is 2. The van der Waals surface area contributed by atoms with Crippen molar-refractivity contribution < 1.29 is 14.3 Å². The highest BCUT2D eigenvalue weighted by atomic mass is 16.7. The molecule has 1 spiro atoms. The molecule has 1 amide bonds. The third-order valence-corrected chi connectivity index (χ3v) is 4.12. The maximum absolute atomic E-state index is 12.4. The van der Waals surface area contributed by atoms with Crippen molar-refractivity contribution in [3.8, 4) is 0 Å². The predicted molar refractivity (Wildman–Crippen MR) is 75.9 cm³/mol. The molecule has 1 aromatic heterocycles. The summed E-state index contributed by atoms with van der Waals surface area (Å²) in [5.74, 6) is -0.206. The summed E-state index contributed by atoms with van der Waals surface area (Å²) in [7, 11) is 0. The SMILES string of the molecule is CC(C)c1ccc(C(=O)N2CCC3(CC2)OCCO3)nn1. The van der Waals surface area contributed by atoms with Crippen molar-refractivity contribution in [1.29, 1.82) is 0 Å². The maximum Gasteiger partial charge on any atom is 0.274 e. The molecule has 2 aliphatic heterocycles. The number of amides is 1. The Morgan fingerprint density at radius 1 is 1.19 bits per heavy atom. The maximum atomic E-state index is 12.4. The number of hydrogen-bond acceptors (Lipinski definition) is 5. The van der Waals surface area contributed by atoms with Gasteiger partial charge in [0, 0.05) is 25.9 Å². The summed E-state index contributed by atoms with van der Waals surface area (Å²) in [4.78, 5) is 14.2. The van der Waals surface area contributed by atoms with E-state index in [2.05, 4.69) is 24.0 Å². The summed E-state index contributed by atoms with van der Waals surface area (Å²) in [5, 5.41) is 8.18. The van der Waals surface area contributed by atoms with E-state index in [1.165, 1.54) is 0 Å². The van der Waals surface area contributed by atoms with E-state index < -0.39 is 5.79 Å². The Morgan fingerprint density at radius 2 is 1.86 bits per heavy atom. The van der Waals surface area contributed by atoms with E-state index in [0.29, 0.717) is 37.9 Å². The average Bonchev–Trinajstić information content (AvgIpc) is 2.96. The van der Waals surface area contributed by atoms with Crippen LogP contribution in [-0.2, 0) is 9.47 Å². The van der Waals surface area contributed by atoms with Crippen molar-refractivity contribution in [2.45, 2.75) is 38.4 Å². The van der Waals surface area contributed by atoms with Gasteiger partial charge in [-0.1, -0.05) is 13.8 Å². The molecule has 2 aliphatic rings. The standard InChI is InChI=1S/C15H21N3O3/c1-11(2)12-3-4-13(17-16-12)14(19)18-7-5-15(6-8-18)20-9-10-21-15/h3-4,11H,5-10H2,1-2H3. The van der Waals surface area contributed by atoms with Gasteiger partial charge in [0.1, 0.15) is 0 Å². The van der Waals surface area contributed by atoms with Crippen LogP contribution < -0.4 is 0 Å². The van der Waals surface area contributed by atoms with E-state index in [4.69, 9.17) is 9.47 Å². The Balaban J connectivity index is 1.63. The van der Waals surface area contributed by atoms with Crippen LogP contribution in [0.25, 0.3) is 0 Å². The molecule has 2 fully saturated rings. The molecule has 0 aliphatic carbocycles. The van der Waals surface area contributed by atoms with Crippen LogP contribution in [0.2, 0.25) is 0 Å². The lowest BCUT2D eigenvalue weighted by Gasteiger charge is -2.37. The quantitative estimate of drug-likeness (QED) is 0.827. The van der Waals surface area contributed by atoms with Gasteiger partial charge in [0.15, 0.2) is 11.5 Å². The fourth-order valence-corrected chi connectivity index (χ4v) is 2.76. The number of rotatable bonds is 2. The molecule has 0 radical (unpaired) electrons. The third kappa shape index (κ3) is 2.91. The van der Waals surface area contributed by atoms with Gasteiger partial charge in [0.25, 0.3) is 5.91 Å². The predicted octanol–water partition coefficient (Wildman–Crippen LogP) is 1.58. The van der Waals surface area contributed by atoms with Crippen LogP contribution in [0.3, 0.4) is 0 Å². The lowest BCUT2D eigenvalue weighted by molar-refractivity contribution is -0.181. The second-order valence-corrected chi connectivity index (χ2v) is 5.90. The topological polar surface area (TPSA) is 64.6 Å². The van der Waals surface area contributed by atoms with Gasteiger partial charge >= 0.3 is 0 Å². The van der Waals surface area contributed by atoms with Crippen LogP contribution in [-0.4, -0.2) is 53.1 Å². The molecule has 6 nitrogen and oxygen atoms in total. The lowest BCUT2D eigenvalue weighted by atomic mass is 10.0. The van der Waals surface area contributed by atoms with Crippen LogP contribution in [0.1, 0.15) is 48.8 Å². The number of aromatic nitrogens is 2. The first-order chi connectivity index (χ1) is 10.1. The van der Waals surface area contributed by atoms with Crippen LogP contribution in [0, 0.1) is 0 Å². The molecule has 114 valence electrons. The van der Waals surface area contributed by atoms with Gasteiger partial charge in [-0.2, -0.15) is 5.10 Å². The van der Waals surface area contributed by atoms with Crippen molar-refractivity contribution >= 4 is 5.91 Å². The van der Waals surface area contributed by atoms with E-state index in [9.17, 15) is 4.79 Å². The summed E-state index contributed by atoms with van der Waals surface area (Å²) < 4.78 is 11.3. The molecule has 0 saturated carbocycles. The van der Waals surface area contributed by atoms with E-state index in [0.717, 1.165) is 18.5 Å². The number of piperidine rings is 1. The Kier molecular flexibility index (Phi) is 3.91. The minimum absolute atomic E-state index is 0.0642. The van der Waals surface area contributed by atoms with E-state index >= 15 is 0 Å². The molecule has 3 rings (SSSR count). The fraction of sp³-hybridized carbons (Fsp3) is 0.667. The molecule has 21 heavy (non-hydrogen) atoms. The van der Waals surface area contributed by atoms with Gasteiger partial charge in [-0.25, -0.2) is 0 Å². The molecule has 6 heteroatoms. The second kappa shape index (κ2) is 5.69. The Labute approximate surface area is 124 Å². The van der Waals surface area contributed by atoms with Crippen LogP contribution in [0.15, 0.2) is 12.1 Å². The number of hydrogen-bond donors (Lipinski definition) is 0. The number of carbonyl (C=O) groups excluding carboxylic acids is 1. The van der Waals surface area contributed by atoms with Gasteiger partial charge in [-0.05, 0) is 18.1 Å². The average molecular weight is 291 g/mol. The van der Waals surface area contributed by atoms with Crippen molar-refractivity contribution in [1.82, 2.24) is 15.1 Å². The van der Waals surface area contributed by atoms with E-state index in [-0.39, 0.29) is 5.91 Å². The molecule has 0 aromatic carbocycles. The van der Waals surface area contributed by atoms with Gasteiger partial charge < -0.3 is 14.4 Å². The zero-order chi connectivity index (χ0) is 14.9. The Bertz CT molecular complexity index is 499. The van der Waals surface area contributed by atoms with Gasteiger partial charge in [0.05, 0.1) is 18.9 Å². The van der Waals surface area contributed by atoms with Crippen molar-refractivity contribution in [2.75, 3.05) is 26.3 Å². The zero-order valence-electron chi connectivity index (χ0n) is 12.5. The van der Waals surface area contributed by atoms with E-state index in [1.54, 1.807) is 11.0 Å². The smallest absolute Gasteiger partial charge is 0.274 e. The molecule has 0 N–H and O–H groups in total. The van der Waals surface area contributed by atoms with Gasteiger partial charge in [0.2, 0.25) is 0 Å². The van der Waals surface area contributed by atoms with E-state index in [1.807, 2.05) is 6.07 Å². The first kappa shape index (κ1) is 14.4. The largest absolute Gasteiger partial charge is 0.347 e. The highest BCUT2D eigenvalue weighted by molar-refractivity contribution is 5.92. The van der Waals surface area contributed by atoms with Crippen LogP contribution in [0.4, 0.5) is 0 Å². The summed E-state index contributed by atoms with van der Waals surface area (Å²) in [5.41, 5.74) is 1.31. The lowest BCUT2D eigenvalue weighted by Crippen LogP contribution is -2.47. The Hall–Kier alpha value is -1.53. The number of nitrogens with zero attached hydrogens (tertiary/aromatic N) is 3. The number of likely N-dealkylation sites (tertiary alicyclic amines) is 1. The van der Waals surface area contributed by atoms with Crippen molar-refractivity contribution in [3.05, 3.63) is 23.5 Å². The Morgan fingerprint density at radius 3 is 2.38 bits per heavy atom. The summed E-state index contributed by atoms with van der Waals surface area (Å²) in [6.45, 7) is 6.67. The highest BCUT2D eigenvalue weighted by Crippen LogP contribution is 2.31. The molecular formula is C15H21N3O3. The monoisotopic (exact) mass is 291 g/mol. The van der Waals surface area contributed by atoms with Crippen LogP contribution >= 0.6 is 0 Å². The first-order valence-corrected chi connectivity index (χ1v) is 7.50. The van der Waals surface area contributed by atoms with Crippen molar-refractivity contribution in [2.24, 2.45) is 0 Å². The molecule has 0 bridgehead atoms.